The number of ether oxygens (including phenoxy) is 1. The van der Waals surface area contributed by atoms with Gasteiger partial charge >= 0.3 is 0 Å². The van der Waals surface area contributed by atoms with Crippen molar-refractivity contribution in [3.63, 3.8) is 0 Å². The fourth-order valence-electron chi connectivity index (χ4n) is 4.01. The maximum absolute atomic E-state index is 13.4. The molecule has 0 bridgehead atoms. The number of amides is 1. The molecule has 6 nitrogen and oxygen atoms in total. The van der Waals surface area contributed by atoms with Gasteiger partial charge in [0.25, 0.3) is 5.91 Å². The predicted octanol–water partition coefficient (Wildman–Crippen LogP) is 5.04. The normalized spacial score (nSPS) is 15.4. The molecule has 1 atom stereocenters. The number of hydrogen-bond acceptors (Lipinski definition) is 5. The highest BCUT2D eigenvalue weighted by atomic mass is 16.5. The van der Waals surface area contributed by atoms with Crippen LogP contribution in [-0.2, 0) is 11.3 Å². The first kappa shape index (κ1) is 22.8. The smallest absolute Gasteiger partial charge is 0.289 e. The molecule has 2 heterocycles. The van der Waals surface area contributed by atoms with Gasteiger partial charge in [-0.25, -0.2) is 0 Å². The molecule has 1 aliphatic rings. The highest BCUT2D eigenvalue weighted by Gasteiger charge is 2.25. The molecule has 1 fully saturated rings. The summed E-state index contributed by atoms with van der Waals surface area (Å²) in [6, 6.07) is 18.9. The van der Waals surface area contributed by atoms with E-state index < -0.39 is 0 Å². The maximum Gasteiger partial charge on any atom is 0.289 e. The molecule has 1 aliphatic heterocycles. The Morgan fingerprint density at radius 2 is 1.70 bits per heavy atom. The molecule has 0 N–H and O–H groups in total. The Morgan fingerprint density at radius 3 is 2.30 bits per heavy atom. The molecule has 3 aromatic rings. The van der Waals surface area contributed by atoms with Crippen molar-refractivity contribution in [1.29, 1.82) is 0 Å². The first-order valence-corrected chi connectivity index (χ1v) is 11.3. The molecule has 2 aromatic carbocycles. The molecule has 33 heavy (non-hydrogen) atoms. The van der Waals surface area contributed by atoms with E-state index >= 15 is 0 Å². The quantitative estimate of drug-likeness (QED) is 0.454. The van der Waals surface area contributed by atoms with Gasteiger partial charge in [0.2, 0.25) is 0 Å². The summed E-state index contributed by atoms with van der Waals surface area (Å²) in [5.74, 6) is 0.749. The zero-order valence-electron chi connectivity index (χ0n) is 19.4. The fourth-order valence-corrected chi connectivity index (χ4v) is 4.01. The van der Waals surface area contributed by atoms with E-state index in [0.29, 0.717) is 30.2 Å². The standard InChI is InChI=1S/C27H30N2O4/c1-19(30)21-8-10-22(11-9-21)25-14-15-26(33-25)27(31)29(18-24-5-4-16-32-24)17-20-6-12-23(13-7-20)28(2)3/h6-15,24H,4-5,16-18H2,1-3H3/t24-/m1/s1. The third-order valence-corrected chi connectivity index (χ3v) is 5.95. The van der Waals surface area contributed by atoms with Gasteiger partial charge < -0.3 is 19.0 Å². The lowest BCUT2D eigenvalue weighted by atomic mass is 10.1. The van der Waals surface area contributed by atoms with Gasteiger partial charge in [0.15, 0.2) is 11.5 Å². The Labute approximate surface area is 194 Å². The molecule has 0 aliphatic carbocycles. The van der Waals surface area contributed by atoms with E-state index in [1.165, 1.54) is 6.92 Å². The summed E-state index contributed by atoms with van der Waals surface area (Å²) in [5.41, 5.74) is 3.63. The summed E-state index contributed by atoms with van der Waals surface area (Å²) >= 11 is 0. The van der Waals surface area contributed by atoms with Crippen molar-refractivity contribution in [3.8, 4) is 11.3 Å². The number of Topliss-reactive ketones (excluding diaryl/α,β-unsaturated/α-hetero) is 1. The van der Waals surface area contributed by atoms with Crippen molar-refractivity contribution >= 4 is 17.4 Å². The van der Waals surface area contributed by atoms with Gasteiger partial charge in [-0.05, 0) is 49.6 Å². The minimum absolute atomic E-state index is 0.0141. The second-order valence-electron chi connectivity index (χ2n) is 8.68. The molecule has 6 heteroatoms. The van der Waals surface area contributed by atoms with E-state index in [2.05, 4.69) is 24.3 Å². The first-order chi connectivity index (χ1) is 15.9. The van der Waals surface area contributed by atoms with Crippen molar-refractivity contribution in [2.24, 2.45) is 0 Å². The Balaban J connectivity index is 1.53. The zero-order valence-corrected chi connectivity index (χ0v) is 19.4. The van der Waals surface area contributed by atoms with Crippen LogP contribution in [0, 0.1) is 0 Å². The van der Waals surface area contributed by atoms with Gasteiger partial charge in [-0.2, -0.15) is 0 Å². The van der Waals surface area contributed by atoms with Gasteiger partial charge in [0.05, 0.1) is 6.10 Å². The fraction of sp³-hybridized carbons (Fsp3) is 0.333. The number of nitrogens with zero attached hydrogens (tertiary/aromatic N) is 2. The van der Waals surface area contributed by atoms with Gasteiger partial charge in [-0.3, -0.25) is 9.59 Å². The van der Waals surface area contributed by atoms with Crippen molar-refractivity contribution in [2.45, 2.75) is 32.4 Å². The number of anilines is 1. The minimum atomic E-state index is -0.159. The Bertz CT molecular complexity index is 1090. The van der Waals surface area contributed by atoms with Crippen LogP contribution in [0.3, 0.4) is 0 Å². The summed E-state index contributed by atoms with van der Waals surface area (Å²) < 4.78 is 11.7. The largest absolute Gasteiger partial charge is 0.451 e. The number of benzene rings is 2. The lowest BCUT2D eigenvalue weighted by Crippen LogP contribution is -2.36. The van der Waals surface area contributed by atoms with Gasteiger partial charge in [0, 0.05) is 50.6 Å². The van der Waals surface area contributed by atoms with Crippen LogP contribution in [-0.4, -0.2) is 49.9 Å². The van der Waals surface area contributed by atoms with E-state index in [0.717, 1.165) is 36.3 Å². The van der Waals surface area contributed by atoms with Crippen LogP contribution < -0.4 is 4.90 Å². The lowest BCUT2D eigenvalue weighted by Gasteiger charge is -2.25. The second-order valence-corrected chi connectivity index (χ2v) is 8.68. The van der Waals surface area contributed by atoms with E-state index in [4.69, 9.17) is 9.15 Å². The molecular weight excluding hydrogens is 416 g/mol. The van der Waals surface area contributed by atoms with Crippen LogP contribution in [0.25, 0.3) is 11.3 Å². The van der Waals surface area contributed by atoms with Crippen LogP contribution in [0.2, 0.25) is 0 Å². The van der Waals surface area contributed by atoms with Crippen molar-refractivity contribution in [3.05, 3.63) is 77.6 Å². The summed E-state index contributed by atoms with van der Waals surface area (Å²) in [6.45, 7) is 3.29. The van der Waals surface area contributed by atoms with Gasteiger partial charge in [-0.1, -0.05) is 36.4 Å². The number of carbonyl (C=O) groups is 2. The Hall–Kier alpha value is -3.38. The molecule has 0 saturated carbocycles. The third kappa shape index (κ3) is 5.52. The molecule has 172 valence electrons. The summed E-state index contributed by atoms with van der Waals surface area (Å²) in [4.78, 5) is 28.8. The highest BCUT2D eigenvalue weighted by Crippen LogP contribution is 2.25. The van der Waals surface area contributed by atoms with Crippen LogP contribution >= 0.6 is 0 Å². The minimum Gasteiger partial charge on any atom is -0.451 e. The molecule has 1 saturated heterocycles. The summed E-state index contributed by atoms with van der Waals surface area (Å²) in [5, 5.41) is 0. The Kier molecular flexibility index (Phi) is 6.94. The van der Waals surface area contributed by atoms with E-state index in [9.17, 15) is 9.59 Å². The number of ketones is 1. The van der Waals surface area contributed by atoms with Gasteiger partial charge in [0.1, 0.15) is 5.76 Å². The average Bonchev–Trinajstić information content (AvgIpc) is 3.51. The average molecular weight is 447 g/mol. The third-order valence-electron chi connectivity index (χ3n) is 5.95. The second kappa shape index (κ2) is 10.0. The summed E-state index contributed by atoms with van der Waals surface area (Å²) in [6.07, 6.45) is 2.02. The predicted molar refractivity (Wildman–Crippen MR) is 129 cm³/mol. The van der Waals surface area contributed by atoms with Crippen molar-refractivity contribution in [2.75, 3.05) is 32.1 Å². The molecule has 1 aromatic heterocycles. The van der Waals surface area contributed by atoms with Crippen LogP contribution in [0.4, 0.5) is 5.69 Å². The SMILES string of the molecule is CC(=O)c1ccc(-c2ccc(C(=O)N(Cc3ccc(N(C)C)cc3)C[C@H]3CCCO3)o2)cc1. The first-order valence-electron chi connectivity index (χ1n) is 11.3. The molecule has 1 amide bonds. The van der Waals surface area contributed by atoms with Crippen LogP contribution in [0.1, 0.15) is 46.2 Å². The number of carbonyl (C=O) groups excluding carboxylic acids is 2. The highest BCUT2D eigenvalue weighted by molar-refractivity contribution is 5.94. The number of rotatable bonds is 8. The molecule has 0 unspecified atom stereocenters. The monoisotopic (exact) mass is 446 g/mol. The topological polar surface area (TPSA) is 63.0 Å². The molecule has 4 rings (SSSR count). The van der Waals surface area contributed by atoms with E-state index in [-0.39, 0.29) is 17.8 Å². The molecule has 0 radical (unpaired) electrons. The number of furan rings is 1. The zero-order chi connectivity index (χ0) is 23.4. The maximum atomic E-state index is 13.4. The van der Waals surface area contributed by atoms with Crippen molar-refractivity contribution < 1.29 is 18.7 Å². The van der Waals surface area contributed by atoms with Crippen LogP contribution in [0.15, 0.2) is 65.1 Å². The van der Waals surface area contributed by atoms with E-state index in [1.807, 2.05) is 36.0 Å². The van der Waals surface area contributed by atoms with Crippen molar-refractivity contribution in [1.82, 2.24) is 4.90 Å². The van der Waals surface area contributed by atoms with Gasteiger partial charge in [-0.15, -0.1) is 0 Å². The van der Waals surface area contributed by atoms with E-state index in [1.54, 1.807) is 24.3 Å². The molecule has 0 spiro atoms. The number of hydrogen-bond donors (Lipinski definition) is 0. The Morgan fingerprint density at radius 1 is 0.970 bits per heavy atom. The lowest BCUT2D eigenvalue weighted by molar-refractivity contribution is 0.0484. The summed E-state index contributed by atoms with van der Waals surface area (Å²) in [7, 11) is 4.01. The molecular formula is C27H30N2O4. The van der Waals surface area contributed by atoms with Crippen LogP contribution in [0.5, 0.6) is 0 Å².